The second-order valence-corrected chi connectivity index (χ2v) is 2.82. The Kier molecular flexibility index (Phi) is 7.74. The summed E-state index contributed by atoms with van der Waals surface area (Å²) >= 11 is 0. The van der Waals surface area contributed by atoms with Crippen molar-refractivity contribution in [3.63, 3.8) is 0 Å². The van der Waals surface area contributed by atoms with Gasteiger partial charge in [-0.3, -0.25) is 0 Å². The lowest BCUT2D eigenvalue weighted by Crippen LogP contribution is -2.21. The number of ether oxygens (including phenoxy) is 2. The van der Waals surface area contributed by atoms with E-state index in [0.29, 0.717) is 0 Å². The van der Waals surface area contributed by atoms with Gasteiger partial charge in [-0.2, -0.15) is 4.89 Å². The molecule has 0 aliphatic carbocycles. The molecule has 1 atom stereocenters. The highest BCUT2D eigenvalue weighted by Gasteiger charge is 2.18. The zero-order chi connectivity index (χ0) is 13.3. The molecule has 0 fully saturated rings. The Balaban J connectivity index is 3.85. The minimum atomic E-state index is -1.04. The van der Waals surface area contributed by atoms with Crippen LogP contribution in [0.4, 0.5) is 4.79 Å². The molecule has 0 rings (SSSR count). The monoisotopic (exact) mass is 248 g/mol. The molecule has 0 aliphatic rings. The van der Waals surface area contributed by atoms with Gasteiger partial charge in [-0.15, -0.1) is 0 Å². The summed E-state index contributed by atoms with van der Waals surface area (Å²) in [5, 5.41) is 4.12. The minimum absolute atomic E-state index is 0.0410. The van der Waals surface area contributed by atoms with E-state index >= 15 is 0 Å². The summed E-state index contributed by atoms with van der Waals surface area (Å²) in [5.41, 5.74) is 0.0410. The smallest absolute Gasteiger partial charge is 0.463 e. The highest BCUT2D eigenvalue weighted by Crippen LogP contribution is 2.07. The largest absolute Gasteiger partial charge is 0.542 e. The van der Waals surface area contributed by atoms with Gasteiger partial charge in [0.15, 0.2) is 0 Å². The molecule has 0 aromatic rings. The van der Waals surface area contributed by atoms with Gasteiger partial charge < -0.3 is 9.47 Å². The maximum atomic E-state index is 11.2. The van der Waals surface area contributed by atoms with Gasteiger partial charge in [-0.25, -0.2) is 14.5 Å². The summed E-state index contributed by atoms with van der Waals surface area (Å²) < 4.78 is 9.07. The van der Waals surface area contributed by atoms with Crippen LogP contribution in [0.25, 0.3) is 0 Å². The Morgan fingerprint density at radius 1 is 1.18 bits per heavy atom. The quantitative estimate of drug-likeness (QED) is 0.292. The number of hydrogen-bond acceptors (Lipinski definition) is 7. The third-order valence-electron chi connectivity index (χ3n) is 1.58. The average molecular weight is 248 g/mol. The van der Waals surface area contributed by atoms with E-state index in [4.69, 9.17) is 0 Å². The summed E-state index contributed by atoms with van der Waals surface area (Å²) in [6.45, 7) is 8.58. The van der Waals surface area contributed by atoms with Gasteiger partial charge in [-0.05, 0) is 25.8 Å². The number of rotatable bonds is 7. The van der Waals surface area contributed by atoms with Crippen LogP contribution in [0.5, 0.6) is 0 Å². The fraction of sp³-hybridized carbons (Fsp3) is 0.600. The standard InChI is InChI=1S/C10H16O7/c1-5-13-9(11)7(3)8(4)15-17-16-10(12)14-6-2/h8H,3,5-6H2,1-2,4H3. The second-order valence-electron chi connectivity index (χ2n) is 2.82. The van der Waals surface area contributed by atoms with Crippen LogP contribution in [-0.4, -0.2) is 31.4 Å². The normalized spacial score (nSPS) is 11.5. The molecule has 0 saturated carbocycles. The van der Waals surface area contributed by atoms with Crippen molar-refractivity contribution in [2.24, 2.45) is 0 Å². The van der Waals surface area contributed by atoms with E-state index in [1.807, 2.05) is 0 Å². The highest BCUT2D eigenvalue weighted by molar-refractivity contribution is 5.88. The number of carbonyl (C=O) groups excluding carboxylic acids is 2. The molecule has 7 heteroatoms. The van der Waals surface area contributed by atoms with E-state index in [0.717, 1.165) is 0 Å². The van der Waals surface area contributed by atoms with Crippen LogP contribution in [0.2, 0.25) is 0 Å². The van der Waals surface area contributed by atoms with Gasteiger partial charge >= 0.3 is 12.1 Å². The van der Waals surface area contributed by atoms with Crippen LogP contribution in [-0.2, 0) is 29.1 Å². The van der Waals surface area contributed by atoms with Gasteiger partial charge in [0.25, 0.3) is 0 Å². The van der Waals surface area contributed by atoms with Crippen LogP contribution >= 0.6 is 0 Å². The van der Waals surface area contributed by atoms with Crippen molar-refractivity contribution >= 4 is 12.1 Å². The maximum absolute atomic E-state index is 11.2. The first kappa shape index (κ1) is 15.4. The lowest BCUT2D eigenvalue weighted by molar-refractivity contribution is -0.495. The molecular formula is C10H16O7. The van der Waals surface area contributed by atoms with E-state index in [2.05, 4.69) is 30.9 Å². The predicted molar refractivity (Wildman–Crippen MR) is 55.5 cm³/mol. The van der Waals surface area contributed by atoms with Crippen LogP contribution in [0, 0.1) is 0 Å². The molecule has 0 heterocycles. The fourth-order valence-corrected chi connectivity index (χ4v) is 0.696. The number of carbonyl (C=O) groups is 2. The fourth-order valence-electron chi connectivity index (χ4n) is 0.696. The average Bonchev–Trinajstić information content (AvgIpc) is 2.28. The third-order valence-corrected chi connectivity index (χ3v) is 1.58. The molecule has 1 unspecified atom stereocenters. The summed E-state index contributed by atoms with van der Waals surface area (Å²) in [5.74, 6) is -0.611. The molecule has 0 N–H and O–H groups in total. The van der Waals surface area contributed by atoms with E-state index in [-0.39, 0.29) is 18.8 Å². The predicted octanol–water partition coefficient (Wildman–Crippen LogP) is 1.53. The number of hydrogen-bond donors (Lipinski definition) is 0. The summed E-state index contributed by atoms with van der Waals surface area (Å²) in [7, 11) is 0. The van der Waals surface area contributed by atoms with E-state index in [1.165, 1.54) is 6.92 Å². The van der Waals surface area contributed by atoms with Crippen molar-refractivity contribution in [3.8, 4) is 0 Å². The lowest BCUT2D eigenvalue weighted by Gasteiger charge is -2.11. The van der Waals surface area contributed by atoms with Crippen molar-refractivity contribution < 1.29 is 33.9 Å². The number of esters is 1. The Bertz CT molecular complexity index is 274. The van der Waals surface area contributed by atoms with E-state index in [1.54, 1.807) is 13.8 Å². The molecule has 98 valence electrons. The Labute approximate surface area is 99.1 Å². The molecule has 17 heavy (non-hydrogen) atoms. The molecule has 0 aliphatic heterocycles. The molecule has 0 bridgehead atoms. The summed E-state index contributed by atoms with van der Waals surface area (Å²) in [6.07, 6.45) is -1.86. The molecule has 0 amide bonds. The van der Waals surface area contributed by atoms with Crippen molar-refractivity contribution in [3.05, 3.63) is 12.2 Å². The van der Waals surface area contributed by atoms with E-state index < -0.39 is 18.2 Å². The van der Waals surface area contributed by atoms with Crippen LogP contribution in [0.1, 0.15) is 20.8 Å². The van der Waals surface area contributed by atoms with Crippen molar-refractivity contribution in [2.75, 3.05) is 13.2 Å². The Morgan fingerprint density at radius 3 is 2.29 bits per heavy atom. The van der Waals surface area contributed by atoms with Crippen LogP contribution in [0.15, 0.2) is 12.2 Å². The molecule has 0 saturated heterocycles. The van der Waals surface area contributed by atoms with Gasteiger partial charge in [0, 0.05) is 0 Å². The Morgan fingerprint density at radius 2 is 1.76 bits per heavy atom. The zero-order valence-electron chi connectivity index (χ0n) is 10.1. The maximum Gasteiger partial charge on any atom is 0.542 e. The van der Waals surface area contributed by atoms with Crippen LogP contribution in [0.3, 0.4) is 0 Å². The first-order chi connectivity index (χ1) is 8.02. The molecule has 0 aromatic carbocycles. The molecule has 0 radical (unpaired) electrons. The minimum Gasteiger partial charge on any atom is -0.463 e. The topological polar surface area (TPSA) is 80.3 Å². The van der Waals surface area contributed by atoms with Gasteiger partial charge in [0.1, 0.15) is 6.10 Å². The van der Waals surface area contributed by atoms with Crippen molar-refractivity contribution in [1.29, 1.82) is 0 Å². The van der Waals surface area contributed by atoms with E-state index in [9.17, 15) is 9.59 Å². The van der Waals surface area contributed by atoms with Gasteiger partial charge in [0.2, 0.25) is 0 Å². The van der Waals surface area contributed by atoms with Crippen molar-refractivity contribution in [1.82, 2.24) is 0 Å². The second kappa shape index (κ2) is 8.54. The van der Waals surface area contributed by atoms with Gasteiger partial charge in [-0.1, -0.05) is 6.58 Å². The lowest BCUT2D eigenvalue weighted by atomic mass is 10.2. The molecule has 0 aromatic heterocycles. The zero-order valence-corrected chi connectivity index (χ0v) is 10.1. The molecule has 0 spiro atoms. The molecular weight excluding hydrogens is 232 g/mol. The summed E-state index contributed by atoms with van der Waals surface area (Å²) in [6, 6.07) is 0. The Hall–Kier alpha value is -1.60. The molecule has 7 nitrogen and oxygen atoms in total. The van der Waals surface area contributed by atoms with Crippen LogP contribution < -0.4 is 0 Å². The van der Waals surface area contributed by atoms with Crippen molar-refractivity contribution in [2.45, 2.75) is 26.9 Å². The highest BCUT2D eigenvalue weighted by atomic mass is 17.5. The summed E-state index contributed by atoms with van der Waals surface area (Å²) in [4.78, 5) is 30.5. The third kappa shape index (κ3) is 6.54. The first-order valence-electron chi connectivity index (χ1n) is 5.05. The van der Waals surface area contributed by atoms with Gasteiger partial charge in [0.05, 0.1) is 18.8 Å². The SMILES string of the molecule is C=C(C(=O)OCC)C(C)OOOC(=O)OCC. The first-order valence-corrected chi connectivity index (χ1v) is 5.05.